The molecule has 3 nitrogen and oxygen atoms in total. The lowest BCUT2D eigenvalue weighted by Gasteiger charge is -2.08. The molecule has 0 unspecified atom stereocenters. The van der Waals surface area contributed by atoms with Crippen molar-refractivity contribution in [3.8, 4) is 0 Å². The number of benzene rings is 1. The number of anilines is 1. The number of ether oxygens (including phenoxy) is 2. The van der Waals surface area contributed by atoms with Crippen molar-refractivity contribution >= 4 is 17.3 Å². The Kier molecular flexibility index (Phi) is 6.15. The van der Waals surface area contributed by atoms with Crippen molar-refractivity contribution in [1.82, 2.24) is 0 Å². The molecule has 5 heteroatoms. The van der Waals surface area contributed by atoms with Crippen LogP contribution in [-0.4, -0.2) is 33.5 Å². The minimum absolute atomic E-state index is 0.116. The molecule has 0 fully saturated rings. The summed E-state index contributed by atoms with van der Waals surface area (Å²) in [6.07, 6.45) is 0. The van der Waals surface area contributed by atoms with Gasteiger partial charge in [-0.05, 0) is 12.1 Å². The van der Waals surface area contributed by atoms with Gasteiger partial charge in [-0.25, -0.2) is 4.39 Å². The van der Waals surface area contributed by atoms with Crippen molar-refractivity contribution in [3.63, 3.8) is 0 Å². The first-order valence-corrected chi connectivity index (χ1v) is 5.38. The molecule has 0 aliphatic rings. The molecule has 0 radical (unpaired) electrons. The van der Waals surface area contributed by atoms with Crippen LogP contribution in [0.5, 0.6) is 0 Å². The number of halogens is 2. The van der Waals surface area contributed by atoms with E-state index < -0.39 is 5.82 Å². The molecule has 0 bridgehead atoms. The molecule has 0 spiro atoms. The summed E-state index contributed by atoms with van der Waals surface area (Å²) in [5.41, 5.74) is 0.392. The molecule has 1 aromatic carbocycles. The predicted octanol–water partition coefficient (Wildman–Crippen LogP) is 2.55. The Balaban J connectivity index is 2.24. The van der Waals surface area contributed by atoms with E-state index >= 15 is 0 Å². The smallest absolute Gasteiger partial charge is 0.164 e. The lowest BCUT2D eigenvalue weighted by molar-refractivity contribution is 0.0759. The van der Waals surface area contributed by atoms with E-state index in [0.717, 1.165) is 0 Å². The minimum Gasteiger partial charge on any atom is -0.382 e. The zero-order valence-corrected chi connectivity index (χ0v) is 9.89. The van der Waals surface area contributed by atoms with Gasteiger partial charge in [-0.1, -0.05) is 17.7 Å². The van der Waals surface area contributed by atoms with Gasteiger partial charge in [0.25, 0.3) is 0 Å². The van der Waals surface area contributed by atoms with E-state index in [1.165, 1.54) is 6.07 Å². The topological polar surface area (TPSA) is 30.5 Å². The van der Waals surface area contributed by atoms with Gasteiger partial charge >= 0.3 is 0 Å². The maximum atomic E-state index is 13.4. The second-order valence-corrected chi connectivity index (χ2v) is 3.54. The number of nitrogens with one attached hydrogen (secondary N) is 1. The Hall–Kier alpha value is -0.840. The Labute approximate surface area is 99.5 Å². The summed E-state index contributed by atoms with van der Waals surface area (Å²) in [5.74, 6) is -0.430. The van der Waals surface area contributed by atoms with E-state index in [1.54, 1.807) is 19.2 Å². The molecule has 0 aliphatic heterocycles. The third-order valence-corrected chi connectivity index (χ3v) is 2.24. The molecule has 0 saturated heterocycles. The van der Waals surface area contributed by atoms with Crippen LogP contribution in [0.2, 0.25) is 5.02 Å². The van der Waals surface area contributed by atoms with Gasteiger partial charge < -0.3 is 14.8 Å². The predicted molar refractivity (Wildman–Crippen MR) is 62.6 cm³/mol. The van der Waals surface area contributed by atoms with Crippen molar-refractivity contribution < 1.29 is 13.9 Å². The van der Waals surface area contributed by atoms with Crippen molar-refractivity contribution in [2.24, 2.45) is 0 Å². The Morgan fingerprint density at radius 3 is 2.88 bits per heavy atom. The average molecular weight is 248 g/mol. The summed E-state index contributed by atoms with van der Waals surface area (Å²) in [6, 6.07) is 4.84. The van der Waals surface area contributed by atoms with E-state index in [-0.39, 0.29) is 5.02 Å². The summed E-state index contributed by atoms with van der Waals surface area (Å²) in [7, 11) is 1.61. The van der Waals surface area contributed by atoms with E-state index in [1.807, 2.05) is 0 Å². The zero-order valence-electron chi connectivity index (χ0n) is 9.13. The van der Waals surface area contributed by atoms with Gasteiger partial charge in [0.05, 0.1) is 30.5 Å². The van der Waals surface area contributed by atoms with Crippen LogP contribution in [0, 0.1) is 5.82 Å². The monoisotopic (exact) mass is 247 g/mol. The van der Waals surface area contributed by atoms with Crippen molar-refractivity contribution in [3.05, 3.63) is 29.0 Å². The molecule has 0 saturated carbocycles. The molecule has 1 N–H and O–H groups in total. The summed E-state index contributed by atoms with van der Waals surface area (Å²) in [5, 5.41) is 3.02. The average Bonchev–Trinajstić information content (AvgIpc) is 2.29. The van der Waals surface area contributed by atoms with E-state index in [4.69, 9.17) is 21.1 Å². The number of rotatable bonds is 7. The quantitative estimate of drug-likeness (QED) is 0.752. The van der Waals surface area contributed by atoms with Crippen LogP contribution in [0.25, 0.3) is 0 Å². The second-order valence-electron chi connectivity index (χ2n) is 3.13. The molecular formula is C11H15ClFNO2. The van der Waals surface area contributed by atoms with Crippen molar-refractivity contribution in [1.29, 1.82) is 0 Å². The van der Waals surface area contributed by atoms with Gasteiger partial charge in [0.2, 0.25) is 0 Å². The van der Waals surface area contributed by atoms with Crippen LogP contribution in [0.4, 0.5) is 10.1 Å². The first-order valence-electron chi connectivity index (χ1n) is 5.00. The molecule has 0 heterocycles. The second kappa shape index (κ2) is 7.44. The minimum atomic E-state index is -0.430. The van der Waals surface area contributed by atoms with Crippen LogP contribution < -0.4 is 5.32 Å². The van der Waals surface area contributed by atoms with Crippen LogP contribution in [0.3, 0.4) is 0 Å². The molecule has 1 rings (SSSR count). The maximum absolute atomic E-state index is 13.4. The summed E-state index contributed by atoms with van der Waals surface area (Å²) < 4.78 is 23.4. The Bertz CT molecular complexity index is 323. The van der Waals surface area contributed by atoms with Gasteiger partial charge in [0.15, 0.2) is 5.82 Å². The first kappa shape index (κ1) is 13.2. The normalized spacial score (nSPS) is 10.4. The number of hydrogen-bond donors (Lipinski definition) is 1. The highest BCUT2D eigenvalue weighted by Crippen LogP contribution is 2.21. The standard InChI is InChI=1S/C11H15ClFNO2/c1-15-7-8-16-6-5-14-10-4-2-3-9(12)11(10)13/h2-4,14H,5-8H2,1H3. The lowest BCUT2D eigenvalue weighted by atomic mass is 10.3. The first-order chi connectivity index (χ1) is 7.75. The van der Waals surface area contributed by atoms with Gasteiger partial charge in [-0.15, -0.1) is 0 Å². The Morgan fingerprint density at radius 2 is 2.12 bits per heavy atom. The van der Waals surface area contributed by atoms with Crippen molar-refractivity contribution in [2.45, 2.75) is 0 Å². The molecule has 0 aromatic heterocycles. The zero-order chi connectivity index (χ0) is 11.8. The van der Waals surface area contributed by atoms with Gasteiger partial charge in [0, 0.05) is 13.7 Å². The summed E-state index contributed by atoms with van der Waals surface area (Å²) in [6.45, 7) is 2.12. The van der Waals surface area contributed by atoms with E-state index in [0.29, 0.717) is 32.1 Å². The highest BCUT2D eigenvalue weighted by atomic mass is 35.5. The highest BCUT2D eigenvalue weighted by Gasteiger charge is 2.04. The fourth-order valence-electron chi connectivity index (χ4n) is 1.14. The lowest BCUT2D eigenvalue weighted by Crippen LogP contribution is -2.12. The van der Waals surface area contributed by atoms with E-state index in [9.17, 15) is 4.39 Å². The third-order valence-electron chi connectivity index (χ3n) is 1.95. The Morgan fingerprint density at radius 1 is 1.31 bits per heavy atom. The third kappa shape index (κ3) is 4.35. The molecule has 1 aromatic rings. The van der Waals surface area contributed by atoms with Crippen LogP contribution in [-0.2, 0) is 9.47 Å². The maximum Gasteiger partial charge on any atom is 0.164 e. The van der Waals surface area contributed by atoms with Crippen LogP contribution in [0.1, 0.15) is 0 Å². The summed E-state index contributed by atoms with van der Waals surface area (Å²) >= 11 is 5.63. The number of hydrogen-bond acceptors (Lipinski definition) is 3. The molecule has 0 aliphatic carbocycles. The highest BCUT2D eigenvalue weighted by molar-refractivity contribution is 6.31. The fourth-order valence-corrected chi connectivity index (χ4v) is 1.32. The van der Waals surface area contributed by atoms with E-state index in [2.05, 4.69) is 5.32 Å². The SMILES string of the molecule is COCCOCCNc1cccc(Cl)c1F. The number of methoxy groups -OCH3 is 1. The molecular weight excluding hydrogens is 233 g/mol. The molecule has 0 atom stereocenters. The summed E-state index contributed by atoms with van der Waals surface area (Å²) in [4.78, 5) is 0. The van der Waals surface area contributed by atoms with Crippen molar-refractivity contribution in [2.75, 3.05) is 38.8 Å². The fraction of sp³-hybridized carbons (Fsp3) is 0.455. The molecule has 90 valence electrons. The van der Waals surface area contributed by atoms with Crippen LogP contribution in [0.15, 0.2) is 18.2 Å². The molecule has 16 heavy (non-hydrogen) atoms. The van der Waals surface area contributed by atoms with Crippen LogP contribution >= 0.6 is 11.6 Å². The largest absolute Gasteiger partial charge is 0.382 e. The van der Waals surface area contributed by atoms with Gasteiger partial charge in [-0.3, -0.25) is 0 Å². The molecule has 0 amide bonds. The van der Waals surface area contributed by atoms with Gasteiger partial charge in [0.1, 0.15) is 0 Å². The van der Waals surface area contributed by atoms with Gasteiger partial charge in [-0.2, -0.15) is 0 Å².